The summed E-state index contributed by atoms with van der Waals surface area (Å²) in [6, 6.07) is 2.38. The van der Waals surface area contributed by atoms with Gasteiger partial charge < -0.3 is 10.2 Å². The molecule has 0 atom stereocenters. The molecule has 1 heterocycles. The highest BCUT2D eigenvalue weighted by Crippen LogP contribution is 2.23. The average molecular weight is 282 g/mol. The number of hydrogen-bond donors (Lipinski definition) is 1. The maximum Gasteiger partial charge on any atom is 0.0300 e. The molecule has 0 aliphatic heterocycles. The highest BCUT2D eigenvalue weighted by molar-refractivity contribution is 7.12. The zero-order chi connectivity index (χ0) is 14.4. The second-order valence-electron chi connectivity index (χ2n) is 6.41. The van der Waals surface area contributed by atoms with E-state index in [4.69, 9.17) is 0 Å². The Morgan fingerprint density at radius 2 is 1.89 bits per heavy atom. The largest absolute Gasteiger partial charge is 0.312 e. The van der Waals surface area contributed by atoms with Gasteiger partial charge in [0.25, 0.3) is 0 Å². The summed E-state index contributed by atoms with van der Waals surface area (Å²) < 4.78 is 0. The predicted molar refractivity (Wildman–Crippen MR) is 86.8 cm³/mol. The molecule has 0 aliphatic carbocycles. The summed E-state index contributed by atoms with van der Waals surface area (Å²) in [5, 5.41) is 3.52. The topological polar surface area (TPSA) is 15.3 Å². The summed E-state index contributed by atoms with van der Waals surface area (Å²) in [6.45, 7) is 15.6. The van der Waals surface area contributed by atoms with Crippen molar-refractivity contribution in [2.24, 2.45) is 11.8 Å². The number of nitrogens with zero attached hydrogens (tertiary/aromatic N) is 1. The van der Waals surface area contributed by atoms with Crippen molar-refractivity contribution in [1.82, 2.24) is 10.2 Å². The molecule has 0 spiro atoms. The van der Waals surface area contributed by atoms with Crippen LogP contribution < -0.4 is 5.32 Å². The van der Waals surface area contributed by atoms with Crippen LogP contribution in [0.3, 0.4) is 0 Å². The Morgan fingerprint density at radius 3 is 2.47 bits per heavy atom. The van der Waals surface area contributed by atoms with Crippen molar-refractivity contribution in [2.75, 3.05) is 20.1 Å². The van der Waals surface area contributed by atoms with Crippen molar-refractivity contribution in [1.29, 1.82) is 0 Å². The van der Waals surface area contributed by atoms with Crippen LogP contribution in [-0.4, -0.2) is 25.0 Å². The van der Waals surface area contributed by atoms with Gasteiger partial charge in [0.15, 0.2) is 0 Å². The summed E-state index contributed by atoms with van der Waals surface area (Å²) in [4.78, 5) is 5.36. The standard InChI is InChI=1S/C16H30N2S/c1-12(2)8-17-9-16-7-15(14(5)19-16)11-18(6)10-13(3)4/h7,12-13,17H,8-11H2,1-6H3. The predicted octanol–water partition coefficient (Wildman–Crippen LogP) is 3.89. The van der Waals surface area contributed by atoms with Crippen molar-refractivity contribution in [3.8, 4) is 0 Å². The number of aryl methyl sites for hydroxylation is 1. The zero-order valence-corrected chi connectivity index (χ0v) is 14.2. The van der Waals surface area contributed by atoms with Crippen LogP contribution in [0.4, 0.5) is 0 Å². The van der Waals surface area contributed by atoms with Gasteiger partial charge in [-0.3, -0.25) is 0 Å². The molecule has 2 nitrogen and oxygen atoms in total. The van der Waals surface area contributed by atoms with Crippen LogP contribution in [0.1, 0.15) is 43.0 Å². The van der Waals surface area contributed by atoms with Gasteiger partial charge in [-0.25, -0.2) is 0 Å². The molecule has 1 rings (SSSR count). The van der Waals surface area contributed by atoms with Crippen LogP contribution in [0, 0.1) is 18.8 Å². The van der Waals surface area contributed by atoms with E-state index in [2.05, 4.69) is 57.9 Å². The molecule has 0 saturated carbocycles. The Morgan fingerprint density at radius 1 is 1.21 bits per heavy atom. The van der Waals surface area contributed by atoms with Gasteiger partial charge >= 0.3 is 0 Å². The van der Waals surface area contributed by atoms with Crippen LogP contribution in [0.15, 0.2) is 6.07 Å². The summed E-state index contributed by atoms with van der Waals surface area (Å²) in [6.07, 6.45) is 0. The molecule has 0 aromatic carbocycles. The molecule has 0 amide bonds. The van der Waals surface area contributed by atoms with Crippen molar-refractivity contribution in [3.05, 3.63) is 21.4 Å². The molecule has 110 valence electrons. The van der Waals surface area contributed by atoms with E-state index in [1.807, 2.05) is 11.3 Å². The Balaban J connectivity index is 2.49. The lowest BCUT2D eigenvalue weighted by Gasteiger charge is -2.18. The molecule has 1 aromatic heterocycles. The van der Waals surface area contributed by atoms with Gasteiger partial charge in [0.1, 0.15) is 0 Å². The highest BCUT2D eigenvalue weighted by Gasteiger charge is 2.09. The first kappa shape index (κ1) is 16.7. The lowest BCUT2D eigenvalue weighted by atomic mass is 10.2. The lowest BCUT2D eigenvalue weighted by Crippen LogP contribution is -2.22. The second-order valence-corrected chi connectivity index (χ2v) is 7.75. The normalized spacial score (nSPS) is 12.1. The van der Waals surface area contributed by atoms with Gasteiger partial charge in [-0.05, 0) is 44.0 Å². The smallest absolute Gasteiger partial charge is 0.0300 e. The van der Waals surface area contributed by atoms with Crippen molar-refractivity contribution in [2.45, 2.75) is 47.7 Å². The van der Waals surface area contributed by atoms with Gasteiger partial charge in [-0.1, -0.05) is 27.7 Å². The molecule has 0 unspecified atom stereocenters. The summed E-state index contributed by atoms with van der Waals surface area (Å²) in [7, 11) is 2.22. The minimum atomic E-state index is 0.720. The van der Waals surface area contributed by atoms with E-state index in [-0.39, 0.29) is 0 Å². The number of nitrogens with one attached hydrogen (secondary N) is 1. The number of hydrogen-bond acceptors (Lipinski definition) is 3. The van der Waals surface area contributed by atoms with Crippen molar-refractivity contribution >= 4 is 11.3 Å². The monoisotopic (exact) mass is 282 g/mol. The minimum Gasteiger partial charge on any atom is -0.312 e. The average Bonchev–Trinajstić information content (AvgIpc) is 2.57. The first-order chi connectivity index (χ1) is 8.88. The van der Waals surface area contributed by atoms with Crippen LogP contribution in [0.5, 0.6) is 0 Å². The Bertz CT molecular complexity index is 369. The molecule has 3 heteroatoms. The van der Waals surface area contributed by atoms with E-state index in [0.29, 0.717) is 0 Å². The van der Waals surface area contributed by atoms with Gasteiger partial charge in [-0.15, -0.1) is 11.3 Å². The van der Waals surface area contributed by atoms with Crippen LogP contribution in [-0.2, 0) is 13.1 Å². The molecule has 0 aliphatic rings. The molecule has 0 bridgehead atoms. The van der Waals surface area contributed by atoms with Crippen LogP contribution in [0.2, 0.25) is 0 Å². The molecule has 19 heavy (non-hydrogen) atoms. The van der Waals surface area contributed by atoms with E-state index >= 15 is 0 Å². The van der Waals surface area contributed by atoms with Crippen LogP contribution >= 0.6 is 11.3 Å². The van der Waals surface area contributed by atoms with E-state index in [9.17, 15) is 0 Å². The third kappa shape index (κ3) is 6.55. The highest BCUT2D eigenvalue weighted by atomic mass is 32.1. The Labute approximate surface area is 123 Å². The third-order valence-corrected chi connectivity index (χ3v) is 4.13. The SMILES string of the molecule is Cc1sc(CNCC(C)C)cc1CN(C)CC(C)C. The molecule has 0 fully saturated rings. The molecule has 0 saturated heterocycles. The fourth-order valence-corrected chi connectivity index (χ4v) is 3.32. The number of thiophene rings is 1. The van der Waals surface area contributed by atoms with Gasteiger partial charge in [0.05, 0.1) is 0 Å². The lowest BCUT2D eigenvalue weighted by molar-refractivity contribution is 0.288. The summed E-state index contributed by atoms with van der Waals surface area (Å²) >= 11 is 1.94. The molecular weight excluding hydrogens is 252 g/mol. The molecule has 0 radical (unpaired) electrons. The van der Waals surface area contributed by atoms with E-state index in [1.54, 1.807) is 0 Å². The van der Waals surface area contributed by atoms with Gasteiger partial charge in [-0.2, -0.15) is 0 Å². The van der Waals surface area contributed by atoms with Crippen molar-refractivity contribution < 1.29 is 0 Å². The summed E-state index contributed by atoms with van der Waals surface area (Å²) in [5.41, 5.74) is 1.49. The molecular formula is C16H30N2S. The van der Waals surface area contributed by atoms with Crippen LogP contribution in [0.25, 0.3) is 0 Å². The van der Waals surface area contributed by atoms with Crippen molar-refractivity contribution in [3.63, 3.8) is 0 Å². The second kappa shape index (κ2) is 8.03. The minimum absolute atomic E-state index is 0.720. The quantitative estimate of drug-likeness (QED) is 0.778. The summed E-state index contributed by atoms with van der Waals surface area (Å²) in [5.74, 6) is 1.45. The Kier molecular flexibility index (Phi) is 7.05. The first-order valence-corrected chi connectivity index (χ1v) is 8.17. The maximum atomic E-state index is 3.52. The Hall–Kier alpha value is -0.380. The molecule has 1 aromatic rings. The van der Waals surface area contributed by atoms with E-state index in [0.717, 1.165) is 38.0 Å². The maximum absolute atomic E-state index is 3.52. The van der Waals surface area contributed by atoms with E-state index < -0.39 is 0 Å². The zero-order valence-electron chi connectivity index (χ0n) is 13.4. The fraction of sp³-hybridized carbons (Fsp3) is 0.750. The van der Waals surface area contributed by atoms with E-state index in [1.165, 1.54) is 15.3 Å². The van der Waals surface area contributed by atoms with Gasteiger partial charge in [0.2, 0.25) is 0 Å². The molecule has 1 N–H and O–H groups in total. The third-order valence-electron chi connectivity index (χ3n) is 3.04. The fourth-order valence-electron chi connectivity index (χ4n) is 2.29. The van der Waals surface area contributed by atoms with Gasteiger partial charge in [0, 0.05) is 29.4 Å². The first-order valence-electron chi connectivity index (χ1n) is 7.36. The number of rotatable bonds is 8.